The molecule has 2 rings (SSSR count). The Bertz CT molecular complexity index is 462. The summed E-state index contributed by atoms with van der Waals surface area (Å²) >= 11 is 1.62. The number of aromatic nitrogens is 3. The number of nitrogens with zero attached hydrogens (tertiary/aromatic N) is 3. The van der Waals surface area contributed by atoms with Crippen LogP contribution in [-0.4, -0.2) is 43.7 Å². The summed E-state index contributed by atoms with van der Waals surface area (Å²) in [4.78, 5) is 11.3. The van der Waals surface area contributed by atoms with E-state index in [0.717, 1.165) is 17.4 Å². The lowest BCUT2D eigenvalue weighted by Gasteiger charge is -2.23. The number of thioether (sulfide) groups is 1. The highest BCUT2D eigenvalue weighted by atomic mass is 32.2. The zero-order valence-corrected chi connectivity index (χ0v) is 11.6. The quantitative estimate of drug-likeness (QED) is 0.843. The summed E-state index contributed by atoms with van der Waals surface area (Å²) in [5.41, 5.74) is -0.773. The fourth-order valence-corrected chi connectivity index (χ4v) is 3.55. The van der Waals surface area contributed by atoms with Gasteiger partial charge in [0.1, 0.15) is 11.4 Å². The number of hydrogen-bond donors (Lipinski definition) is 2. The average molecular weight is 270 g/mol. The molecule has 0 aromatic carbocycles. The number of rotatable bonds is 4. The topological polar surface area (TPSA) is 80.0 Å². The number of carbonyl (C=O) groups is 1. The first-order valence-corrected chi connectivity index (χ1v) is 6.81. The first-order chi connectivity index (χ1) is 8.48. The van der Waals surface area contributed by atoms with E-state index in [9.17, 15) is 9.90 Å². The second kappa shape index (κ2) is 4.89. The maximum atomic E-state index is 11.3. The lowest BCUT2D eigenvalue weighted by molar-refractivity contribution is -0.144. The standard InChI is InChI=1S/C11H18N4O2S/c1-7-13-14-10(15(7)3)18-8-4-5-11(6-8,12-2)9(16)17/h8,12H,4-6H2,1-3H3,(H,16,17). The van der Waals surface area contributed by atoms with Gasteiger partial charge >= 0.3 is 5.97 Å². The van der Waals surface area contributed by atoms with Crippen molar-refractivity contribution in [3.8, 4) is 0 Å². The molecule has 0 radical (unpaired) electrons. The predicted molar refractivity (Wildman–Crippen MR) is 68.7 cm³/mol. The van der Waals surface area contributed by atoms with Gasteiger partial charge in [-0.2, -0.15) is 0 Å². The third kappa shape index (κ3) is 2.24. The number of likely N-dealkylation sites (N-methyl/N-ethyl adjacent to an activating group) is 1. The molecule has 1 heterocycles. The third-order valence-corrected chi connectivity index (χ3v) is 4.98. The minimum absolute atomic E-state index is 0.274. The molecular formula is C11H18N4O2S. The van der Waals surface area contributed by atoms with E-state index in [1.54, 1.807) is 18.8 Å². The van der Waals surface area contributed by atoms with Gasteiger partial charge in [0.2, 0.25) is 0 Å². The minimum atomic E-state index is -0.773. The van der Waals surface area contributed by atoms with Crippen molar-refractivity contribution in [2.45, 2.75) is 42.1 Å². The number of carboxylic acid groups (broad SMARTS) is 1. The lowest BCUT2D eigenvalue weighted by Crippen LogP contribution is -2.48. The maximum Gasteiger partial charge on any atom is 0.323 e. The summed E-state index contributed by atoms with van der Waals surface area (Å²) in [6, 6.07) is 0. The number of carboxylic acids is 1. The van der Waals surface area contributed by atoms with Crippen molar-refractivity contribution in [3.05, 3.63) is 5.82 Å². The van der Waals surface area contributed by atoms with E-state index in [1.165, 1.54) is 0 Å². The SMILES string of the molecule is CNC1(C(=O)O)CCC(Sc2nnc(C)n2C)C1. The van der Waals surface area contributed by atoms with Gasteiger partial charge in [-0.25, -0.2) is 0 Å². The Labute approximate surface area is 110 Å². The van der Waals surface area contributed by atoms with Crippen LogP contribution in [0.2, 0.25) is 0 Å². The number of aryl methyl sites for hydroxylation is 1. The van der Waals surface area contributed by atoms with Gasteiger partial charge in [-0.05, 0) is 33.2 Å². The summed E-state index contributed by atoms with van der Waals surface area (Å²) in [6.45, 7) is 1.90. The zero-order valence-electron chi connectivity index (χ0n) is 10.8. The van der Waals surface area contributed by atoms with Crippen molar-refractivity contribution in [2.24, 2.45) is 7.05 Å². The maximum absolute atomic E-state index is 11.3. The second-order valence-corrected chi connectivity index (χ2v) is 5.98. The van der Waals surface area contributed by atoms with Gasteiger partial charge in [0.15, 0.2) is 5.16 Å². The van der Waals surface area contributed by atoms with Crippen LogP contribution in [0.25, 0.3) is 0 Å². The number of nitrogens with one attached hydrogen (secondary N) is 1. The summed E-state index contributed by atoms with van der Waals surface area (Å²) in [5, 5.41) is 21.5. The molecule has 0 amide bonds. The van der Waals surface area contributed by atoms with E-state index in [1.807, 2.05) is 18.5 Å². The highest BCUT2D eigenvalue weighted by Crippen LogP contribution is 2.39. The molecule has 1 aliphatic carbocycles. The van der Waals surface area contributed by atoms with E-state index in [4.69, 9.17) is 0 Å². The Morgan fingerprint density at radius 2 is 2.33 bits per heavy atom. The minimum Gasteiger partial charge on any atom is -0.480 e. The predicted octanol–water partition coefficient (Wildman–Crippen LogP) is 0.811. The first-order valence-electron chi connectivity index (χ1n) is 5.93. The smallest absolute Gasteiger partial charge is 0.323 e. The highest BCUT2D eigenvalue weighted by molar-refractivity contribution is 7.99. The van der Waals surface area contributed by atoms with Crippen molar-refractivity contribution in [1.29, 1.82) is 0 Å². The van der Waals surface area contributed by atoms with Crippen molar-refractivity contribution in [2.75, 3.05) is 7.05 Å². The van der Waals surface area contributed by atoms with Crippen LogP contribution in [0.4, 0.5) is 0 Å². The molecule has 0 bridgehead atoms. The highest BCUT2D eigenvalue weighted by Gasteiger charge is 2.44. The van der Waals surface area contributed by atoms with E-state index in [-0.39, 0.29) is 5.25 Å². The monoisotopic (exact) mass is 270 g/mol. The molecule has 6 nitrogen and oxygen atoms in total. The van der Waals surface area contributed by atoms with Gasteiger partial charge in [-0.15, -0.1) is 10.2 Å². The normalized spacial score (nSPS) is 27.6. The van der Waals surface area contributed by atoms with Crippen LogP contribution in [0.5, 0.6) is 0 Å². The Morgan fingerprint density at radius 3 is 2.78 bits per heavy atom. The fraction of sp³-hybridized carbons (Fsp3) is 0.727. The molecule has 0 spiro atoms. The third-order valence-electron chi connectivity index (χ3n) is 3.68. The Kier molecular flexibility index (Phi) is 3.63. The van der Waals surface area contributed by atoms with Crippen LogP contribution in [0, 0.1) is 6.92 Å². The van der Waals surface area contributed by atoms with Crippen LogP contribution in [-0.2, 0) is 11.8 Å². The van der Waals surface area contributed by atoms with Crippen LogP contribution in [0.3, 0.4) is 0 Å². The van der Waals surface area contributed by atoms with Crippen molar-refractivity contribution in [1.82, 2.24) is 20.1 Å². The molecule has 1 saturated carbocycles. The molecule has 100 valence electrons. The molecule has 0 aliphatic heterocycles. The Morgan fingerprint density at radius 1 is 1.61 bits per heavy atom. The molecule has 2 N–H and O–H groups in total. The van der Waals surface area contributed by atoms with Gasteiger partial charge in [0.05, 0.1) is 0 Å². The lowest BCUT2D eigenvalue weighted by atomic mass is 9.99. The van der Waals surface area contributed by atoms with E-state index in [0.29, 0.717) is 12.8 Å². The molecule has 18 heavy (non-hydrogen) atoms. The summed E-state index contributed by atoms with van der Waals surface area (Å²) in [6.07, 6.45) is 2.16. The van der Waals surface area contributed by atoms with Gasteiger partial charge in [-0.1, -0.05) is 11.8 Å². The Hall–Kier alpha value is -1.08. The average Bonchev–Trinajstić information content (AvgIpc) is 2.89. The summed E-state index contributed by atoms with van der Waals surface area (Å²) in [7, 11) is 3.64. The molecular weight excluding hydrogens is 252 g/mol. The van der Waals surface area contributed by atoms with Crippen molar-refractivity contribution in [3.63, 3.8) is 0 Å². The first kappa shape index (κ1) is 13.4. The van der Waals surface area contributed by atoms with E-state index in [2.05, 4.69) is 15.5 Å². The van der Waals surface area contributed by atoms with Crippen LogP contribution < -0.4 is 5.32 Å². The van der Waals surface area contributed by atoms with Crippen LogP contribution in [0.15, 0.2) is 5.16 Å². The van der Waals surface area contributed by atoms with Crippen molar-refractivity contribution < 1.29 is 9.90 Å². The van der Waals surface area contributed by atoms with Crippen molar-refractivity contribution >= 4 is 17.7 Å². The van der Waals surface area contributed by atoms with Gasteiger partial charge in [-0.3, -0.25) is 4.79 Å². The molecule has 1 aromatic rings. The molecule has 0 saturated heterocycles. The van der Waals surface area contributed by atoms with Crippen LogP contribution in [0.1, 0.15) is 25.1 Å². The molecule has 1 fully saturated rings. The summed E-state index contributed by atoms with van der Waals surface area (Å²) in [5.74, 6) is 0.107. The summed E-state index contributed by atoms with van der Waals surface area (Å²) < 4.78 is 1.94. The number of aliphatic carboxylic acids is 1. The second-order valence-electron chi connectivity index (χ2n) is 4.71. The largest absolute Gasteiger partial charge is 0.480 e. The zero-order chi connectivity index (χ0) is 13.3. The van der Waals surface area contributed by atoms with E-state index >= 15 is 0 Å². The molecule has 1 aliphatic rings. The molecule has 2 unspecified atom stereocenters. The van der Waals surface area contributed by atoms with Gasteiger partial charge in [0.25, 0.3) is 0 Å². The Balaban J connectivity index is 2.06. The molecule has 1 aromatic heterocycles. The number of hydrogen-bond acceptors (Lipinski definition) is 5. The van der Waals surface area contributed by atoms with Gasteiger partial charge < -0.3 is 15.0 Å². The molecule has 2 atom stereocenters. The van der Waals surface area contributed by atoms with E-state index < -0.39 is 11.5 Å². The fourth-order valence-electron chi connectivity index (χ4n) is 2.27. The van der Waals surface area contributed by atoms with Gasteiger partial charge in [0, 0.05) is 12.3 Å². The molecule has 7 heteroatoms. The van der Waals surface area contributed by atoms with Crippen LogP contribution >= 0.6 is 11.8 Å².